The van der Waals surface area contributed by atoms with Gasteiger partial charge in [-0.1, -0.05) is 23.7 Å². The standard InChI is InChI=1S/C21H23ClFN3O2/c1-14(27)24-18-3-2-4-19(12-18)25-21(28)15-7-9-26(10-8-15)13-16-5-6-17(22)11-20(16)23/h2-6,11-12,15H,7-10,13H2,1H3,(H,24,27)(H,25,28). The second-order valence-electron chi connectivity index (χ2n) is 7.04. The lowest BCUT2D eigenvalue weighted by Crippen LogP contribution is -2.37. The van der Waals surface area contributed by atoms with Crippen molar-refractivity contribution in [3.05, 3.63) is 58.9 Å². The zero-order chi connectivity index (χ0) is 20.1. The van der Waals surface area contributed by atoms with Gasteiger partial charge in [0.1, 0.15) is 5.82 Å². The summed E-state index contributed by atoms with van der Waals surface area (Å²) in [6.07, 6.45) is 1.43. The molecule has 2 aromatic carbocycles. The van der Waals surface area contributed by atoms with Crippen LogP contribution < -0.4 is 10.6 Å². The van der Waals surface area contributed by atoms with Crippen LogP contribution in [-0.4, -0.2) is 29.8 Å². The van der Waals surface area contributed by atoms with E-state index in [1.165, 1.54) is 13.0 Å². The van der Waals surface area contributed by atoms with Gasteiger partial charge in [0.25, 0.3) is 0 Å². The van der Waals surface area contributed by atoms with Gasteiger partial charge in [0.15, 0.2) is 0 Å². The van der Waals surface area contributed by atoms with E-state index in [1.54, 1.807) is 36.4 Å². The largest absolute Gasteiger partial charge is 0.326 e. The highest BCUT2D eigenvalue weighted by Gasteiger charge is 2.25. The van der Waals surface area contributed by atoms with Crippen LogP contribution in [0, 0.1) is 11.7 Å². The summed E-state index contributed by atoms with van der Waals surface area (Å²) in [4.78, 5) is 25.9. The molecule has 5 nitrogen and oxygen atoms in total. The van der Waals surface area contributed by atoms with Crippen LogP contribution in [0.1, 0.15) is 25.3 Å². The van der Waals surface area contributed by atoms with E-state index in [0.717, 1.165) is 13.1 Å². The number of likely N-dealkylation sites (tertiary alicyclic amines) is 1. The molecule has 2 N–H and O–H groups in total. The average Bonchev–Trinajstić information content (AvgIpc) is 2.64. The van der Waals surface area contributed by atoms with Crippen molar-refractivity contribution in [3.8, 4) is 0 Å². The first-order chi connectivity index (χ1) is 13.4. The molecular weight excluding hydrogens is 381 g/mol. The summed E-state index contributed by atoms with van der Waals surface area (Å²) in [6.45, 7) is 3.41. The zero-order valence-electron chi connectivity index (χ0n) is 15.7. The van der Waals surface area contributed by atoms with Crippen LogP contribution in [0.15, 0.2) is 42.5 Å². The molecule has 0 aromatic heterocycles. The molecule has 148 valence electrons. The molecule has 1 saturated heterocycles. The third-order valence-electron chi connectivity index (χ3n) is 4.82. The third kappa shape index (κ3) is 5.53. The second-order valence-corrected chi connectivity index (χ2v) is 7.47. The molecule has 1 fully saturated rings. The first-order valence-corrected chi connectivity index (χ1v) is 9.63. The molecule has 0 spiro atoms. The Bertz CT molecular complexity index is 866. The molecule has 7 heteroatoms. The van der Waals surface area contributed by atoms with E-state index >= 15 is 0 Å². The van der Waals surface area contributed by atoms with E-state index in [2.05, 4.69) is 15.5 Å². The molecule has 0 saturated carbocycles. The normalized spacial score (nSPS) is 15.2. The van der Waals surface area contributed by atoms with Gasteiger partial charge in [-0.15, -0.1) is 0 Å². The van der Waals surface area contributed by atoms with Crippen molar-refractivity contribution >= 4 is 34.8 Å². The van der Waals surface area contributed by atoms with Crippen LogP contribution >= 0.6 is 11.6 Å². The van der Waals surface area contributed by atoms with Crippen LogP contribution in [-0.2, 0) is 16.1 Å². The van der Waals surface area contributed by atoms with Crippen LogP contribution in [0.3, 0.4) is 0 Å². The Morgan fingerprint density at radius 3 is 2.43 bits per heavy atom. The molecule has 3 rings (SSSR count). The fourth-order valence-corrected chi connectivity index (χ4v) is 3.53. The van der Waals surface area contributed by atoms with Gasteiger partial charge in [-0.3, -0.25) is 14.5 Å². The Hall–Kier alpha value is -2.44. The maximum atomic E-state index is 14.0. The summed E-state index contributed by atoms with van der Waals surface area (Å²) < 4.78 is 14.0. The molecule has 1 aliphatic rings. The Balaban J connectivity index is 1.52. The predicted molar refractivity (Wildman–Crippen MR) is 109 cm³/mol. The third-order valence-corrected chi connectivity index (χ3v) is 5.05. The number of carbonyl (C=O) groups excluding carboxylic acids is 2. The van der Waals surface area contributed by atoms with E-state index in [-0.39, 0.29) is 23.5 Å². The lowest BCUT2D eigenvalue weighted by atomic mass is 9.95. The fourth-order valence-electron chi connectivity index (χ4n) is 3.37. The topological polar surface area (TPSA) is 61.4 Å². The number of halogens is 2. The molecule has 2 aromatic rings. The summed E-state index contributed by atoms with van der Waals surface area (Å²) in [5.41, 5.74) is 1.91. The number of nitrogens with zero attached hydrogens (tertiary/aromatic N) is 1. The molecule has 0 atom stereocenters. The Morgan fingerprint density at radius 2 is 1.79 bits per heavy atom. The Morgan fingerprint density at radius 1 is 1.11 bits per heavy atom. The van der Waals surface area contributed by atoms with Crippen molar-refractivity contribution in [1.29, 1.82) is 0 Å². The van der Waals surface area contributed by atoms with Gasteiger partial charge >= 0.3 is 0 Å². The van der Waals surface area contributed by atoms with Gasteiger partial charge < -0.3 is 10.6 Å². The summed E-state index contributed by atoms with van der Waals surface area (Å²) in [6, 6.07) is 11.8. The number of benzene rings is 2. The molecule has 0 unspecified atom stereocenters. The minimum Gasteiger partial charge on any atom is -0.326 e. The van der Waals surface area contributed by atoms with Crippen molar-refractivity contribution in [3.63, 3.8) is 0 Å². The zero-order valence-corrected chi connectivity index (χ0v) is 16.4. The van der Waals surface area contributed by atoms with Gasteiger partial charge in [0.2, 0.25) is 11.8 Å². The van der Waals surface area contributed by atoms with Crippen molar-refractivity contribution in [2.45, 2.75) is 26.3 Å². The molecular formula is C21H23ClFN3O2. The number of nitrogens with one attached hydrogen (secondary N) is 2. The molecule has 28 heavy (non-hydrogen) atoms. The van der Waals surface area contributed by atoms with Crippen molar-refractivity contribution in [2.75, 3.05) is 23.7 Å². The first-order valence-electron chi connectivity index (χ1n) is 9.25. The van der Waals surface area contributed by atoms with E-state index in [9.17, 15) is 14.0 Å². The van der Waals surface area contributed by atoms with E-state index in [4.69, 9.17) is 11.6 Å². The number of rotatable bonds is 5. The Kier molecular flexibility index (Phi) is 6.65. The molecule has 0 aliphatic carbocycles. The van der Waals surface area contributed by atoms with Gasteiger partial charge in [-0.2, -0.15) is 0 Å². The van der Waals surface area contributed by atoms with Gasteiger partial charge in [-0.05, 0) is 56.3 Å². The highest BCUT2D eigenvalue weighted by Crippen LogP contribution is 2.23. The van der Waals surface area contributed by atoms with Gasteiger partial charge in [0, 0.05) is 41.3 Å². The van der Waals surface area contributed by atoms with E-state index in [1.807, 2.05) is 0 Å². The minimum atomic E-state index is -0.300. The highest BCUT2D eigenvalue weighted by molar-refractivity contribution is 6.30. The quantitative estimate of drug-likeness (QED) is 0.782. The highest BCUT2D eigenvalue weighted by atomic mass is 35.5. The number of hydrogen-bond donors (Lipinski definition) is 2. The molecule has 0 radical (unpaired) electrons. The van der Waals surface area contributed by atoms with E-state index < -0.39 is 0 Å². The molecule has 1 heterocycles. The monoisotopic (exact) mass is 403 g/mol. The number of anilines is 2. The number of piperidine rings is 1. The van der Waals surface area contributed by atoms with Crippen LogP contribution in [0.25, 0.3) is 0 Å². The van der Waals surface area contributed by atoms with Crippen molar-refractivity contribution in [1.82, 2.24) is 4.90 Å². The Labute approximate surface area is 168 Å². The second kappa shape index (κ2) is 9.17. The van der Waals surface area contributed by atoms with Gasteiger partial charge in [-0.25, -0.2) is 4.39 Å². The lowest BCUT2D eigenvalue weighted by molar-refractivity contribution is -0.121. The number of amides is 2. The maximum Gasteiger partial charge on any atom is 0.227 e. The predicted octanol–water partition coefficient (Wildman–Crippen LogP) is 4.29. The number of hydrogen-bond acceptors (Lipinski definition) is 3. The fraction of sp³-hybridized carbons (Fsp3) is 0.333. The molecule has 2 amide bonds. The summed E-state index contributed by atoms with van der Waals surface area (Å²) >= 11 is 5.80. The molecule has 0 bridgehead atoms. The lowest BCUT2D eigenvalue weighted by Gasteiger charge is -2.31. The van der Waals surface area contributed by atoms with E-state index in [0.29, 0.717) is 41.3 Å². The summed E-state index contributed by atoms with van der Waals surface area (Å²) in [5.74, 6) is -0.576. The summed E-state index contributed by atoms with van der Waals surface area (Å²) in [7, 11) is 0. The first kappa shape index (κ1) is 20.3. The van der Waals surface area contributed by atoms with Gasteiger partial charge in [0.05, 0.1) is 0 Å². The SMILES string of the molecule is CC(=O)Nc1cccc(NC(=O)C2CCN(Cc3ccc(Cl)cc3F)CC2)c1. The minimum absolute atomic E-state index is 0.0303. The smallest absolute Gasteiger partial charge is 0.227 e. The van der Waals surface area contributed by atoms with Crippen LogP contribution in [0.2, 0.25) is 5.02 Å². The van der Waals surface area contributed by atoms with Crippen molar-refractivity contribution in [2.24, 2.45) is 5.92 Å². The number of carbonyl (C=O) groups is 2. The summed E-state index contributed by atoms with van der Waals surface area (Å²) in [5, 5.41) is 6.01. The van der Waals surface area contributed by atoms with Crippen LogP contribution in [0.4, 0.5) is 15.8 Å². The van der Waals surface area contributed by atoms with Crippen LogP contribution in [0.5, 0.6) is 0 Å². The average molecular weight is 404 g/mol. The maximum absolute atomic E-state index is 14.0. The molecule has 1 aliphatic heterocycles. The van der Waals surface area contributed by atoms with Crippen molar-refractivity contribution < 1.29 is 14.0 Å².